The third-order valence-corrected chi connectivity index (χ3v) is 5.41. The van der Waals surface area contributed by atoms with Gasteiger partial charge >= 0.3 is 5.97 Å². The second-order valence-corrected chi connectivity index (χ2v) is 7.34. The minimum Gasteiger partial charge on any atom is -0.497 e. The number of likely N-dealkylation sites (tertiary alicyclic amines) is 1. The summed E-state index contributed by atoms with van der Waals surface area (Å²) in [5.41, 5.74) is 1.26. The number of carbonyl (C=O) groups excluding carboxylic acids is 2. The number of rotatable bonds is 4. The largest absolute Gasteiger partial charge is 0.497 e. The van der Waals surface area contributed by atoms with E-state index in [-0.39, 0.29) is 23.8 Å². The summed E-state index contributed by atoms with van der Waals surface area (Å²) in [7, 11) is 1.58. The van der Waals surface area contributed by atoms with Crippen molar-refractivity contribution in [3.63, 3.8) is 0 Å². The van der Waals surface area contributed by atoms with E-state index in [4.69, 9.17) is 13.9 Å². The van der Waals surface area contributed by atoms with Crippen LogP contribution in [-0.4, -0.2) is 42.1 Å². The maximum Gasteiger partial charge on any atom is 0.375 e. The molecule has 146 valence electrons. The van der Waals surface area contributed by atoms with Gasteiger partial charge in [0.1, 0.15) is 11.3 Å². The summed E-state index contributed by atoms with van der Waals surface area (Å²) < 4.78 is 16.4. The van der Waals surface area contributed by atoms with Crippen LogP contribution in [0.15, 0.2) is 22.6 Å². The molecule has 1 amide bonds. The van der Waals surface area contributed by atoms with E-state index < -0.39 is 12.1 Å². The fraction of sp³-hybridized carbons (Fsp3) is 0.524. The van der Waals surface area contributed by atoms with Crippen molar-refractivity contribution in [1.82, 2.24) is 4.90 Å². The Kier molecular flexibility index (Phi) is 5.44. The Morgan fingerprint density at radius 1 is 1.22 bits per heavy atom. The second kappa shape index (κ2) is 7.62. The molecule has 1 fully saturated rings. The van der Waals surface area contributed by atoms with Gasteiger partial charge in [-0.25, -0.2) is 4.79 Å². The molecule has 1 saturated heterocycles. The van der Waals surface area contributed by atoms with Crippen LogP contribution < -0.4 is 4.74 Å². The molecule has 3 rings (SSSR count). The summed E-state index contributed by atoms with van der Waals surface area (Å²) in [5, 5.41) is 0.790. The lowest BCUT2D eigenvalue weighted by molar-refractivity contribution is -0.146. The van der Waals surface area contributed by atoms with E-state index in [1.807, 2.05) is 24.8 Å². The molecule has 6 heteroatoms. The van der Waals surface area contributed by atoms with Crippen LogP contribution >= 0.6 is 0 Å². The highest BCUT2D eigenvalue weighted by molar-refractivity contribution is 5.97. The van der Waals surface area contributed by atoms with Crippen molar-refractivity contribution in [3.05, 3.63) is 29.5 Å². The van der Waals surface area contributed by atoms with Crippen molar-refractivity contribution < 1.29 is 23.5 Å². The molecule has 1 aliphatic heterocycles. The Bertz CT molecular complexity index is 846. The predicted octanol–water partition coefficient (Wildman–Crippen LogP) is 4.08. The second-order valence-electron chi connectivity index (χ2n) is 7.34. The molecule has 1 aliphatic rings. The van der Waals surface area contributed by atoms with Crippen LogP contribution in [0.3, 0.4) is 0 Å². The number of amides is 1. The summed E-state index contributed by atoms with van der Waals surface area (Å²) in [6.07, 6.45) is 2.20. The molecule has 0 unspecified atom stereocenters. The number of benzene rings is 1. The van der Waals surface area contributed by atoms with Crippen LogP contribution in [0.2, 0.25) is 0 Å². The van der Waals surface area contributed by atoms with E-state index in [1.54, 1.807) is 33.1 Å². The normalized spacial score (nSPS) is 21.1. The van der Waals surface area contributed by atoms with E-state index in [0.29, 0.717) is 16.9 Å². The number of fused-ring (bicyclic) bond motifs is 1. The molecule has 6 nitrogen and oxygen atoms in total. The molecule has 0 bridgehead atoms. The van der Waals surface area contributed by atoms with Crippen LogP contribution in [0.25, 0.3) is 11.0 Å². The van der Waals surface area contributed by atoms with Crippen molar-refractivity contribution in [2.75, 3.05) is 7.11 Å². The predicted molar refractivity (Wildman–Crippen MR) is 102 cm³/mol. The first-order valence-electron chi connectivity index (χ1n) is 9.43. The highest BCUT2D eigenvalue weighted by Crippen LogP contribution is 2.30. The van der Waals surface area contributed by atoms with Crippen molar-refractivity contribution in [2.24, 2.45) is 0 Å². The molecule has 27 heavy (non-hydrogen) atoms. The number of carbonyl (C=O) groups is 2. The summed E-state index contributed by atoms with van der Waals surface area (Å²) in [4.78, 5) is 27.3. The standard InChI is InChI=1S/C21H27NO5/c1-12-7-6-8-13(2)22(12)20(23)15(4)26-21(24)19-14(3)17-11-16(25-5)9-10-18(17)27-19/h9-13,15H,6-8H2,1-5H3/t12-,13-,15-/m0/s1. The van der Waals surface area contributed by atoms with Gasteiger partial charge in [0.25, 0.3) is 5.91 Å². The third kappa shape index (κ3) is 3.66. The molecule has 0 radical (unpaired) electrons. The molecule has 0 saturated carbocycles. The van der Waals surface area contributed by atoms with Crippen molar-refractivity contribution in [3.8, 4) is 5.75 Å². The Hall–Kier alpha value is -2.50. The third-order valence-electron chi connectivity index (χ3n) is 5.41. The molecule has 0 spiro atoms. The van der Waals surface area contributed by atoms with Gasteiger partial charge in [0, 0.05) is 23.0 Å². The van der Waals surface area contributed by atoms with Crippen LogP contribution in [0.4, 0.5) is 0 Å². The van der Waals surface area contributed by atoms with Gasteiger partial charge in [-0.1, -0.05) is 0 Å². The SMILES string of the molecule is COc1ccc2oc(C(=O)O[C@@H](C)C(=O)N3[C@@H](C)CCC[C@@H]3C)c(C)c2c1. The van der Waals surface area contributed by atoms with E-state index >= 15 is 0 Å². The van der Waals surface area contributed by atoms with Gasteiger partial charge in [-0.3, -0.25) is 4.79 Å². The van der Waals surface area contributed by atoms with Gasteiger partial charge in [-0.05, 0) is 65.2 Å². The number of piperidine rings is 1. The lowest BCUT2D eigenvalue weighted by Gasteiger charge is -2.40. The molecule has 1 aromatic heterocycles. The van der Waals surface area contributed by atoms with Crippen LogP contribution in [0.5, 0.6) is 5.75 Å². The molecule has 2 aromatic rings. The number of hydrogen-bond donors (Lipinski definition) is 0. The van der Waals surface area contributed by atoms with Gasteiger partial charge in [-0.2, -0.15) is 0 Å². The Morgan fingerprint density at radius 3 is 2.52 bits per heavy atom. The zero-order valence-electron chi connectivity index (χ0n) is 16.6. The number of furan rings is 1. The zero-order valence-corrected chi connectivity index (χ0v) is 16.6. The fourth-order valence-corrected chi connectivity index (χ4v) is 3.85. The smallest absolute Gasteiger partial charge is 0.375 e. The number of methoxy groups -OCH3 is 1. The Balaban J connectivity index is 1.77. The minimum atomic E-state index is -0.859. The van der Waals surface area contributed by atoms with Crippen LogP contribution in [-0.2, 0) is 9.53 Å². The lowest BCUT2D eigenvalue weighted by atomic mass is 9.97. The first-order valence-corrected chi connectivity index (χ1v) is 9.43. The maximum atomic E-state index is 12.8. The van der Waals surface area contributed by atoms with E-state index in [2.05, 4.69) is 0 Å². The summed E-state index contributed by atoms with van der Waals surface area (Å²) in [5.74, 6) is 0.0277. The molecular formula is C21H27NO5. The Morgan fingerprint density at radius 2 is 1.89 bits per heavy atom. The number of nitrogens with zero attached hydrogens (tertiary/aromatic N) is 1. The molecule has 1 aromatic carbocycles. The Labute approximate surface area is 159 Å². The fourth-order valence-electron chi connectivity index (χ4n) is 3.85. The summed E-state index contributed by atoms with van der Waals surface area (Å²) >= 11 is 0. The number of aryl methyl sites for hydroxylation is 1. The molecule has 0 N–H and O–H groups in total. The van der Waals surface area contributed by atoms with Gasteiger partial charge in [0.15, 0.2) is 6.10 Å². The van der Waals surface area contributed by atoms with Crippen LogP contribution in [0.1, 0.15) is 56.2 Å². The summed E-state index contributed by atoms with van der Waals surface area (Å²) in [6, 6.07) is 5.65. The van der Waals surface area contributed by atoms with Gasteiger partial charge in [0.05, 0.1) is 7.11 Å². The monoisotopic (exact) mass is 373 g/mol. The maximum absolute atomic E-state index is 12.8. The van der Waals surface area contributed by atoms with Gasteiger partial charge < -0.3 is 18.8 Å². The van der Waals surface area contributed by atoms with Gasteiger partial charge in [-0.15, -0.1) is 0 Å². The number of ether oxygens (including phenoxy) is 2. The van der Waals surface area contributed by atoms with E-state index in [0.717, 1.165) is 24.6 Å². The zero-order chi connectivity index (χ0) is 19.7. The van der Waals surface area contributed by atoms with E-state index in [1.165, 1.54) is 0 Å². The molecule has 0 aliphatic carbocycles. The van der Waals surface area contributed by atoms with E-state index in [9.17, 15) is 9.59 Å². The van der Waals surface area contributed by atoms with Crippen molar-refractivity contribution >= 4 is 22.8 Å². The molecule has 3 atom stereocenters. The highest BCUT2D eigenvalue weighted by Gasteiger charge is 2.34. The quantitative estimate of drug-likeness (QED) is 0.755. The first kappa shape index (κ1) is 19.3. The van der Waals surface area contributed by atoms with Crippen molar-refractivity contribution in [2.45, 2.75) is 65.1 Å². The molecule has 2 heterocycles. The highest BCUT2D eigenvalue weighted by atomic mass is 16.6. The summed E-state index contributed by atoms with van der Waals surface area (Å²) in [6.45, 7) is 7.50. The topological polar surface area (TPSA) is 69.0 Å². The molecular weight excluding hydrogens is 346 g/mol. The van der Waals surface area contributed by atoms with Crippen LogP contribution in [0, 0.1) is 6.92 Å². The van der Waals surface area contributed by atoms with Crippen molar-refractivity contribution in [1.29, 1.82) is 0 Å². The lowest BCUT2D eigenvalue weighted by Crippen LogP contribution is -2.51. The number of hydrogen-bond acceptors (Lipinski definition) is 5. The average Bonchev–Trinajstić information content (AvgIpc) is 2.97. The minimum absolute atomic E-state index is 0.123. The van der Waals surface area contributed by atoms with Gasteiger partial charge in [0.2, 0.25) is 5.76 Å². The first-order chi connectivity index (χ1) is 12.8. The average molecular weight is 373 g/mol. The number of esters is 1.